The van der Waals surface area contributed by atoms with Crippen LogP contribution in [0.3, 0.4) is 0 Å². The van der Waals surface area contributed by atoms with Crippen LogP contribution in [-0.2, 0) is 11.3 Å². The first-order valence-electron chi connectivity index (χ1n) is 7.79. The van der Waals surface area contributed by atoms with Gasteiger partial charge in [0.2, 0.25) is 5.95 Å². The van der Waals surface area contributed by atoms with Crippen molar-refractivity contribution < 1.29 is 9.15 Å². The van der Waals surface area contributed by atoms with Crippen LogP contribution < -0.4 is 10.6 Å². The molecule has 2 N–H and O–H groups in total. The zero-order chi connectivity index (χ0) is 16.6. The van der Waals surface area contributed by atoms with E-state index in [2.05, 4.69) is 20.6 Å². The van der Waals surface area contributed by atoms with E-state index in [0.29, 0.717) is 25.6 Å². The van der Waals surface area contributed by atoms with E-state index >= 15 is 0 Å². The van der Waals surface area contributed by atoms with E-state index in [1.54, 1.807) is 13.4 Å². The van der Waals surface area contributed by atoms with Crippen LogP contribution in [-0.4, -0.2) is 30.2 Å². The predicted molar refractivity (Wildman–Crippen MR) is 93.9 cm³/mol. The van der Waals surface area contributed by atoms with Crippen LogP contribution in [0.5, 0.6) is 0 Å². The number of aromatic nitrogens is 2. The second kappa shape index (κ2) is 8.12. The lowest BCUT2D eigenvalue weighted by molar-refractivity contribution is 0.210. The molecule has 2 heterocycles. The fourth-order valence-corrected chi connectivity index (χ4v) is 2.23. The molecular formula is C18H20N4O2. The minimum Gasteiger partial charge on any atom is -0.467 e. The summed E-state index contributed by atoms with van der Waals surface area (Å²) in [5.41, 5.74) is 1.89. The van der Waals surface area contributed by atoms with E-state index < -0.39 is 0 Å². The van der Waals surface area contributed by atoms with Gasteiger partial charge in [-0.2, -0.15) is 4.98 Å². The average molecular weight is 324 g/mol. The summed E-state index contributed by atoms with van der Waals surface area (Å²) in [7, 11) is 1.67. The summed E-state index contributed by atoms with van der Waals surface area (Å²) in [5, 5.41) is 6.45. The molecule has 0 bridgehead atoms. The highest BCUT2D eigenvalue weighted by molar-refractivity contribution is 5.64. The Balaban J connectivity index is 1.81. The molecule has 0 aliphatic carbocycles. The number of nitrogens with zero attached hydrogens (tertiary/aromatic N) is 2. The molecule has 0 fully saturated rings. The number of hydrogen-bond donors (Lipinski definition) is 2. The van der Waals surface area contributed by atoms with Crippen LogP contribution in [0.15, 0.2) is 59.2 Å². The lowest BCUT2D eigenvalue weighted by atomic mass is 10.1. The Labute approximate surface area is 140 Å². The van der Waals surface area contributed by atoms with Crippen molar-refractivity contribution >= 4 is 11.8 Å². The third-order valence-electron chi connectivity index (χ3n) is 3.41. The first-order chi connectivity index (χ1) is 11.8. The number of rotatable bonds is 8. The molecule has 0 aliphatic heterocycles. The summed E-state index contributed by atoms with van der Waals surface area (Å²) in [6.07, 6.45) is 1.66. The predicted octanol–water partition coefficient (Wildman–Crippen LogP) is 3.41. The van der Waals surface area contributed by atoms with Gasteiger partial charge < -0.3 is 19.8 Å². The van der Waals surface area contributed by atoms with Gasteiger partial charge in [-0.25, -0.2) is 4.98 Å². The Morgan fingerprint density at radius 1 is 1.04 bits per heavy atom. The van der Waals surface area contributed by atoms with Gasteiger partial charge in [0.25, 0.3) is 0 Å². The first-order valence-corrected chi connectivity index (χ1v) is 7.79. The third kappa shape index (κ3) is 4.33. The number of hydrogen-bond acceptors (Lipinski definition) is 6. The van der Waals surface area contributed by atoms with Crippen molar-refractivity contribution in [2.24, 2.45) is 0 Å². The molecule has 3 aromatic rings. The SMILES string of the molecule is COCCNc1nc(NCc2ccco2)cc(-c2ccccc2)n1. The van der Waals surface area contributed by atoms with Crippen molar-refractivity contribution in [1.29, 1.82) is 0 Å². The Kier molecular flexibility index (Phi) is 5.42. The molecule has 3 rings (SSSR count). The maximum Gasteiger partial charge on any atom is 0.225 e. The number of ether oxygens (including phenoxy) is 1. The average Bonchev–Trinajstić information content (AvgIpc) is 3.14. The van der Waals surface area contributed by atoms with Crippen LogP contribution in [0.1, 0.15) is 5.76 Å². The largest absolute Gasteiger partial charge is 0.467 e. The molecular weight excluding hydrogens is 304 g/mol. The fourth-order valence-electron chi connectivity index (χ4n) is 2.23. The van der Waals surface area contributed by atoms with Gasteiger partial charge in [-0.15, -0.1) is 0 Å². The van der Waals surface area contributed by atoms with Gasteiger partial charge in [0.1, 0.15) is 11.6 Å². The van der Waals surface area contributed by atoms with Crippen molar-refractivity contribution in [1.82, 2.24) is 9.97 Å². The highest BCUT2D eigenvalue weighted by Gasteiger charge is 2.07. The van der Waals surface area contributed by atoms with Crippen molar-refractivity contribution in [3.05, 3.63) is 60.6 Å². The molecule has 6 heteroatoms. The minimum absolute atomic E-state index is 0.565. The maximum atomic E-state index is 5.34. The van der Waals surface area contributed by atoms with E-state index in [1.165, 1.54) is 0 Å². The van der Waals surface area contributed by atoms with Crippen molar-refractivity contribution in [2.75, 3.05) is 30.9 Å². The van der Waals surface area contributed by atoms with Crippen LogP contribution in [0.2, 0.25) is 0 Å². The summed E-state index contributed by atoms with van der Waals surface area (Å²) in [6, 6.07) is 15.7. The summed E-state index contributed by atoms with van der Waals surface area (Å²) in [4.78, 5) is 9.08. The van der Waals surface area contributed by atoms with Crippen molar-refractivity contribution in [3.8, 4) is 11.3 Å². The van der Waals surface area contributed by atoms with Crippen LogP contribution >= 0.6 is 0 Å². The molecule has 0 atom stereocenters. The lowest BCUT2D eigenvalue weighted by Gasteiger charge is -2.11. The van der Waals surface area contributed by atoms with Gasteiger partial charge in [0, 0.05) is 25.3 Å². The zero-order valence-electron chi connectivity index (χ0n) is 13.5. The number of furan rings is 1. The molecule has 2 aromatic heterocycles. The lowest BCUT2D eigenvalue weighted by Crippen LogP contribution is -2.12. The van der Waals surface area contributed by atoms with Crippen LogP contribution in [0.25, 0.3) is 11.3 Å². The molecule has 1 aromatic carbocycles. The summed E-state index contributed by atoms with van der Waals surface area (Å²) in [6.45, 7) is 1.80. The molecule has 124 valence electrons. The van der Waals surface area contributed by atoms with Crippen molar-refractivity contribution in [2.45, 2.75) is 6.54 Å². The van der Waals surface area contributed by atoms with Crippen LogP contribution in [0.4, 0.5) is 11.8 Å². The summed E-state index contributed by atoms with van der Waals surface area (Å²) < 4.78 is 10.4. The summed E-state index contributed by atoms with van der Waals surface area (Å²) >= 11 is 0. The normalized spacial score (nSPS) is 10.5. The molecule has 0 spiro atoms. The fraction of sp³-hybridized carbons (Fsp3) is 0.222. The molecule has 0 saturated carbocycles. The molecule has 0 aliphatic rings. The van der Waals surface area contributed by atoms with Gasteiger partial charge in [-0.1, -0.05) is 30.3 Å². The second-order valence-corrected chi connectivity index (χ2v) is 5.18. The smallest absolute Gasteiger partial charge is 0.225 e. The number of methoxy groups -OCH3 is 1. The minimum atomic E-state index is 0.565. The van der Waals surface area contributed by atoms with E-state index in [1.807, 2.05) is 48.5 Å². The van der Waals surface area contributed by atoms with Gasteiger partial charge in [-0.05, 0) is 12.1 Å². The maximum absolute atomic E-state index is 5.34. The molecule has 6 nitrogen and oxygen atoms in total. The standard InChI is InChI=1S/C18H20N4O2/c1-23-11-9-19-18-21-16(14-6-3-2-4-7-14)12-17(22-18)20-13-15-8-5-10-24-15/h2-8,10,12H,9,11,13H2,1H3,(H2,19,20,21,22). The van der Waals surface area contributed by atoms with E-state index in [4.69, 9.17) is 9.15 Å². The number of benzene rings is 1. The molecule has 0 saturated heterocycles. The van der Waals surface area contributed by atoms with Gasteiger partial charge in [0.05, 0.1) is 25.1 Å². The van der Waals surface area contributed by atoms with E-state index in [9.17, 15) is 0 Å². The van der Waals surface area contributed by atoms with E-state index in [-0.39, 0.29) is 0 Å². The zero-order valence-corrected chi connectivity index (χ0v) is 13.5. The van der Waals surface area contributed by atoms with Crippen molar-refractivity contribution in [3.63, 3.8) is 0 Å². The monoisotopic (exact) mass is 324 g/mol. The molecule has 0 unspecified atom stereocenters. The topological polar surface area (TPSA) is 72.2 Å². The Hall–Kier alpha value is -2.86. The first kappa shape index (κ1) is 16.0. The second-order valence-electron chi connectivity index (χ2n) is 5.18. The molecule has 0 radical (unpaired) electrons. The Morgan fingerprint density at radius 2 is 1.92 bits per heavy atom. The third-order valence-corrected chi connectivity index (χ3v) is 3.41. The van der Waals surface area contributed by atoms with E-state index in [0.717, 1.165) is 22.8 Å². The quantitative estimate of drug-likeness (QED) is 0.619. The number of nitrogens with one attached hydrogen (secondary N) is 2. The highest BCUT2D eigenvalue weighted by Crippen LogP contribution is 2.21. The van der Waals surface area contributed by atoms with Crippen LogP contribution in [0, 0.1) is 0 Å². The van der Waals surface area contributed by atoms with Gasteiger partial charge >= 0.3 is 0 Å². The Bertz CT molecular complexity index is 745. The number of anilines is 2. The van der Waals surface area contributed by atoms with Gasteiger partial charge in [-0.3, -0.25) is 0 Å². The summed E-state index contributed by atoms with van der Waals surface area (Å²) in [5.74, 6) is 2.15. The van der Waals surface area contributed by atoms with Gasteiger partial charge in [0.15, 0.2) is 0 Å². The molecule has 24 heavy (non-hydrogen) atoms. The highest BCUT2D eigenvalue weighted by atomic mass is 16.5. The molecule has 0 amide bonds. The Morgan fingerprint density at radius 3 is 2.67 bits per heavy atom.